The molecule has 0 atom stereocenters. The van der Waals surface area contributed by atoms with E-state index in [-0.39, 0.29) is 0 Å². The predicted octanol–water partition coefficient (Wildman–Crippen LogP) is 1.56. The summed E-state index contributed by atoms with van der Waals surface area (Å²) in [5, 5.41) is 14.5. The summed E-state index contributed by atoms with van der Waals surface area (Å²) in [6, 6.07) is 5.67. The van der Waals surface area contributed by atoms with E-state index in [2.05, 4.69) is 30.6 Å². The van der Waals surface area contributed by atoms with Crippen molar-refractivity contribution >= 4 is 17.7 Å². The minimum absolute atomic E-state index is 0.428. The van der Waals surface area contributed by atoms with Gasteiger partial charge in [-0.25, -0.2) is 9.98 Å². The van der Waals surface area contributed by atoms with E-state index in [9.17, 15) is 0 Å². The van der Waals surface area contributed by atoms with E-state index in [0.717, 1.165) is 28.6 Å². The van der Waals surface area contributed by atoms with Crippen LogP contribution >= 0.6 is 11.8 Å². The van der Waals surface area contributed by atoms with Gasteiger partial charge in [-0.2, -0.15) is 17.0 Å². The first-order valence-corrected chi connectivity index (χ1v) is 8.35. The van der Waals surface area contributed by atoms with E-state index in [1.807, 2.05) is 31.3 Å². The third kappa shape index (κ3) is 6.00. The number of thioether (sulfide) groups is 1. The highest BCUT2D eigenvalue weighted by atomic mass is 32.2. The van der Waals surface area contributed by atoms with Gasteiger partial charge in [-0.15, -0.1) is 0 Å². The molecule has 2 heterocycles. The third-order valence-corrected chi connectivity index (χ3v) is 3.98. The number of nitriles is 1. The Morgan fingerprint density at radius 3 is 3.04 bits per heavy atom. The van der Waals surface area contributed by atoms with Crippen molar-refractivity contribution in [3.8, 4) is 6.19 Å². The van der Waals surface area contributed by atoms with Gasteiger partial charge in [0, 0.05) is 29.9 Å². The standard InChI is InChI=1S/C15H19N7S/c1-12-14(22-11-21-12)9-23-7-6-18-15(20-10-16)19-8-13-4-2-3-5-17-13/h2-5,11H,6-9H2,1H3,(H,21,22)(H2,18,19,20). The molecule has 0 saturated heterocycles. The van der Waals surface area contributed by atoms with E-state index in [0.29, 0.717) is 19.0 Å². The van der Waals surface area contributed by atoms with E-state index in [4.69, 9.17) is 5.26 Å². The number of aromatic nitrogens is 3. The number of guanidine groups is 1. The third-order valence-electron chi connectivity index (χ3n) is 3.01. The number of nitrogens with zero attached hydrogens (tertiary/aromatic N) is 4. The molecule has 0 aliphatic carbocycles. The van der Waals surface area contributed by atoms with Crippen molar-refractivity contribution in [2.24, 2.45) is 4.99 Å². The van der Waals surface area contributed by atoms with Crippen molar-refractivity contribution in [2.75, 3.05) is 12.3 Å². The van der Waals surface area contributed by atoms with Crippen LogP contribution < -0.4 is 10.6 Å². The zero-order chi connectivity index (χ0) is 16.3. The topological polar surface area (TPSA) is 102 Å². The van der Waals surface area contributed by atoms with Crippen molar-refractivity contribution in [2.45, 2.75) is 19.2 Å². The van der Waals surface area contributed by atoms with E-state index < -0.39 is 0 Å². The van der Waals surface area contributed by atoms with Crippen LogP contribution in [0, 0.1) is 18.4 Å². The average Bonchev–Trinajstić information content (AvgIpc) is 2.98. The van der Waals surface area contributed by atoms with Gasteiger partial charge in [0.05, 0.1) is 24.3 Å². The minimum atomic E-state index is 0.428. The lowest BCUT2D eigenvalue weighted by Crippen LogP contribution is -2.36. The molecule has 2 aromatic rings. The molecule has 8 heteroatoms. The molecule has 0 fully saturated rings. The Labute approximate surface area is 139 Å². The zero-order valence-electron chi connectivity index (χ0n) is 12.9. The molecule has 120 valence electrons. The average molecular weight is 329 g/mol. The second-order valence-corrected chi connectivity index (χ2v) is 5.78. The van der Waals surface area contributed by atoms with Gasteiger partial charge in [-0.1, -0.05) is 6.07 Å². The second-order valence-electron chi connectivity index (χ2n) is 4.68. The Morgan fingerprint density at radius 1 is 1.43 bits per heavy atom. The van der Waals surface area contributed by atoms with E-state index in [1.54, 1.807) is 24.3 Å². The van der Waals surface area contributed by atoms with Gasteiger partial charge in [0.15, 0.2) is 6.19 Å². The van der Waals surface area contributed by atoms with Crippen LogP contribution in [0.2, 0.25) is 0 Å². The van der Waals surface area contributed by atoms with Crippen LogP contribution in [0.25, 0.3) is 0 Å². The molecular formula is C15H19N7S. The quantitative estimate of drug-likeness (QED) is 0.234. The molecule has 3 N–H and O–H groups in total. The summed E-state index contributed by atoms with van der Waals surface area (Å²) in [4.78, 5) is 15.8. The Kier molecular flexibility index (Phi) is 6.94. The highest BCUT2D eigenvalue weighted by Gasteiger charge is 2.02. The van der Waals surface area contributed by atoms with Crippen molar-refractivity contribution in [3.05, 3.63) is 47.8 Å². The molecule has 0 amide bonds. The van der Waals surface area contributed by atoms with Crippen molar-refractivity contribution in [1.82, 2.24) is 25.6 Å². The summed E-state index contributed by atoms with van der Waals surface area (Å²) in [6.45, 7) is 3.15. The first-order valence-electron chi connectivity index (χ1n) is 7.19. The molecule has 0 bridgehead atoms. The fraction of sp³-hybridized carbons (Fsp3) is 0.333. The van der Waals surface area contributed by atoms with Gasteiger partial charge in [0.2, 0.25) is 5.96 Å². The monoisotopic (exact) mass is 329 g/mol. The second kappa shape index (κ2) is 9.48. The number of aromatic amines is 1. The molecule has 0 unspecified atom stereocenters. The van der Waals surface area contributed by atoms with Gasteiger partial charge >= 0.3 is 0 Å². The molecule has 2 rings (SSSR count). The number of rotatable bonds is 7. The molecule has 2 aromatic heterocycles. The summed E-state index contributed by atoms with van der Waals surface area (Å²) in [5.41, 5.74) is 3.04. The smallest absolute Gasteiger partial charge is 0.205 e. The molecular weight excluding hydrogens is 310 g/mol. The lowest BCUT2D eigenvalue weighted by Gasteiger charge is -2.07. The fourth-order valence-corrected chi connectivity index (χ4v) is 2.66. The molecule has 0 radical (unpaired) electrons. The highest BCUT2D eigenvalue weighted by Crippen LogP contribution is 2.11. The van der Waals surface area contributed by atoms with Gasteiger partial charge in [-0.3, -0.25) is 10.3 Å². The first-order chi connectivity index (χ1) is 11.3. The van der Waals surface area contributed by atoms with Crippen LogP contribution in [0.3, 0.4) is 0 Å². The Morgan fingerprint density at radius 2 is 2.35 bits per heavy atom. The lowest BCUT2D eigenvalue weighted by molar-refractivity contribution is 0.892. The van der Waals surface area contributed by atoms with Crippen molar-refractivity contribution in [3.63, 3.8) is 0 Å². The SMILES string of the molecule is Cc1[nH]cnc1CSCCNC(=NCc1ccccn1)NC#N. The maximum absolute atomic E-state index is 8.78. The number of aliphatic imine (C=N–C) groups is 1. The van der Waals surface area contributed by atoms with E-state index in [1.165, 1.54) is 0 Å². The number of H-pyrrole nitrogens is 1. The summed E-state index contributed by atoms with van der Waals surface area (Å²) in [6.07, 6.45) is 5.33. The zero-order valence-corrected chi connectivity index (χ0v) is 13.7. The molecule has 0 aromatic carbocycles. The molecule has 0 saturated carbocycles. The molecule has 0 aliphatic rings. The summed E-state index contributed by atoms with van der Waals surface area (Å²) < 4.78 is 0. The summed E-state index contributed by atoms with van der Waals surface area (Å²) >= 11 is 1.78. The highest BCUT2D eigenvalue weighted by molar-refractivity contribution is 7.98. The number of hydrogen-bond acceptors (Lipinski definition) is 5. The molecule has 7 nitrogen and oxygen atoms in total. The van der Waals surface area contributed by atoms with Crippen molar-refractivity contribution < 1.29 is 0 Å². The van der Waals surface area contributed by atoms with Crippen LogP contribution in [-0.4, -0.2) is 33.2 Å². The van der Waals surface area contributed by atoms with Crippen LogP contribution in [0.4, 0.5) is 0 Å². The molecule has 0 spiro atoms. The lowest BCUT2D eigenvalue weighted by atomic mass is 10.3. The number of hydrogen-bond donors (Lipinski definition) is 3. The largest absolute Gasteiger partial charge is 0.355 e. The number of nitrogens with one attached hydrogen (secondary N) is 3. The number of pyridine rings is 1. The Hall–Kier alpha value is -2.53. The van der Waals surface area contributed by atoms with Gasteiger partial charge in [0.1, 0.15) is 0 Å². The Balaban J connectivity index is 1.72. The first kappa shape index (κ1) is 16.8. The van der Waals surface area contributed by atoms with Crippen LogP contribution in [0.15, 0.2) is 35.7 Å². The summed E-state index contributed by atoms with van der Waals surface area (Å²) in [7, 11) is 0. The fourth-order valence-electron chi connectivity index (χ4n) is 1.79. The maximum atomic E-state index is 8.78. The predicted molar refractivity (Wildman–Crippen MR) is 91.6 cm³/mol. The maximum Gasteiger partial charge on any atom is 0.205 e. The van der Waals surface area contributed by atoms with Crippen molar-refractivity contribution in [1.29, 1.82) is 5.26 Å². The van der Waals surface area contributed by atoms with Gasteiger partial charge < -0.3 is 10.3 Å². The van der Waals surface area contributed by atoms with E-state index >= 15 is 0 Å². The van der Waals surface area contributed by atoms with Gasteiger partial charge in [0.25, 0.3) is 0 Å². The number of aryl methyl sites for hydroxylation is 1. The number of imidazole rings is 1. The van der Waals surface area contributed by atoms with Crippen LogP contribution in [0.5, 0.6) is 0 Å². The van der Waals surface area contributed by atoms with Crippen LogP contribution in [0.1, 0.15) is 17.1 Å². The Bertz CT molecular complexity index is 660. The normalized spacial score (nSPS) is 11.0. The minimum Gasteiger partial charge on any atom is -0.355 e. The summed E-state index contributed by atoms with van der Waals surface area (Å²) in [5.74, 6) is 2.22. The molecule has 0 aliphatic heterocycles. The molecule has 23 heavy (non-hydrogen) atoms. The van der Waals surface area contributed by atoms with Crippen LogP contribution in [-0.2, 0) is 12.3 Å². The van der Waals surface area contributed by atoms with Gasteiger partial charge in [-0.05, 0) is 19.1 Å².